The molecule has 23 heavy (non-hydrogen) atoms. The molecular formula is C21H14N2. The van der Waals surface area contributed by atoms with E-state index in [2.05, 4.69) is 77.2 Å². The lowest BCUT2D eigenvalue weighted by molar-refractivity contribution is 1.30. The van der Waals surface area contributed by atoms with Crippen LogP contribution in [0.3, 0.4) is 0 Å². The zero-order valence-corrected chi connectivity index (χ0v) is 12.5. The first-order chi connectivity index (χ1) is 11.4. The highest BCUT2D eigenvalue weighted by Crippen LogP contribution is 2.32. The first kappa shape index (κ1) is 12.4. The fraction of sp³-hybridized carbons (Fsp3) is 0. The first-order valence-corrected chi connectivity index (χ1v) is 7.76. The third kappa shape index (κ3) is 1.78. The van der Waals surface area contributed by atoms with Gasteiger partial charge in [0.1, 0.15) is 5.65 Å². The summed E-state index contributed by atoms with van der Waals surface area (Å²) < 4.78 is 2.25. The van der Waals surface area contributed by atoms with Crippen molar-refractivity contribution in [2.75, 3.05) is 0 Å². The summed E-state index contributed by atoms with van der Waals surface area (Å²) >= 11 is 0. The zero-order valence-electron chi connectivity index (χ0n) is 12.5. The highest BCUT2D eigenvalue weighted by molar-refractivity contribution is 6.00. The van der Waals surface area contributed by atoms with Crippen LogP contribution >= 0.6 is 0 Å². The smallest absolute Gasteiger partial charge is 0.139 e. The summed E-state index contributed by atoms with van der Waals surface area (Å²) in [5.41, 5.74) is 6.81. The van der Waals surface area contributed by atoms with Gasteiger partial charge in [-0.3, -0.25) is 4.40 Å². The molecule has 0 amide bonds. The van der Waals surface area contributed by atoms with Gasteiger partial charge in [-0.05, 0) is 35.4 Å². The second-order valence-corrected chi connectivity index (χ2v) is 5.74. The third-order valence-corrected chi connectivity index (χ3v) is 4.38. The molecule has 108 valence electrons. The summed E-state index contributed by atoms with van der Waals surface area (Å²) in [6.45, 7) is 0. The van der Waals surface area contributed by atoms with E-state index in [0.717, 1.165) is 16.7 Å². The SMILES string of the molecule is c1ccc(-c2cc3nc4ccccc4n3c3ccccc23)cc1. The van der Waals surface area contributed by atoms with Crippen molar-refractivity contribution in [1.82, 2.24) is 9.38 Å². The standard InChI is InChI=1S/C21H14N2/c1-2-8-15(9-3-1)17-14-21-22-18-11-5-7-13-20(18)23(21)19-12-6-4-10-16(17)19/h1-14H. The van der Waals surface area contributed by atoms with E-state index in [1.807, 2.05) is 12.1 Å². The van der Waals surface area contributed by atoms with Crippen LogP contribution in [0.2, 0.25) is 0 Å². The van der Waals surface area contributed by atoms with E-state index < -0.39 is 0 Å². The Kier molecular flexibility index (Phi) is 2.53. The minimum atomic E-state index is 0.990. The van der Waals surface area contributed by atoms with Gasteiger partial charge in [0, 0.05) is 5.39 Å². The topological polar surface area (TPSA) is 17.3 Å². The summed E-state index contributed by atoms with van der Waals surface area (Å²) in [5, 5.41) is 1.24. The average Bonchev–Trinajstić information content (AvgIpc) is 3.00. The van der Waals surface area contributed by atoms with Crippen LogP contribution in [0.1, 0.15) is 0 Å². The van der Waals surface area contributed by atoms with Crippen LogP contribution in [0, 0.1) is 0 Å². The molecular weight excluding hydrogens is 280 g/mol. The Hall–Kier alpha value is -3.13. The summed E-state index contributed by atoms with van der Waals surface area (Å²) in [6, 6.07) is 29.6. The third-order valence-electron chi connectivity index (χ3n) is 4.38. The van der Waals surface area contributed by atoms with Crippen molar-refractivity contribution < 1.29 is 0 Å². The maximum absolute atomic E-state index is 4.81. The quantitative estimate of drug-likeness (QED) is 0.409. The lowest BCUT2D eigenvalue weighted by Gasteiger charge is -2.10. The second-order valence-electron chi connectivity index (χ2n) is 5.74. The Balaban J connectivity index is 2.02. The van der Waals surface area contributed by atoms with Crippen LogP contribution in [0.25, 0.3) is 38.7 Å². The summed E-state index contributed by atoms with van der Waals surface area (Å²) in [7, 11) is 0. The molecule has 3 aromatic carbocycles. The molecule has 0 saturated carbocycles. The van der Waals surface area contributed by atoms with Crippen molar-refractivity contribution in [3.05, 3.63) is 84.9 Å². The number of fused-ring (bicyclic) bond motifs is 5. The molecule has 0 saturated heterocycles. The summed E-state index contributed by atoms with van der Waals surface area (Å²) in [4.78, 5) is 4.81. The van der Waals surface area contributed by atoms with E-state index in [-0.39, 0.29) is 0 Å². The molecule has 0 bridgehead atoms. The number of pyridine rings is 1. The monoisotopic (exact) mass is 294 g/mol. The Labute approximate surface area is 133 Å². The molecule has 5 rings (SSSR count). The van der Waals surface area contributed by atoms with Crippen molar-refractivity contribution in [2.45, 2.75) is 0 Å². The molecule has 0 aliphatic carbocycles. The Morgan fingerprint density at radius 1 is 0.652 bits per heavy atom. The fourth-order valence-electron chi connectivity index (χ4n) is 3.35. The molecule has 2 nitrogen and oxygen atoms in total. The van der Waals surface area contributed by atoms with Crippen molar-refractivity contribution in [1.29, 1.82) is 0 Å². The van der Waals surface area contributed by atoms with E-state index in [9.17, 15) is 0 Å². The number of para-hydroxylation sites is 3. The predicted molar refractivity (Wildman–Crippen MR) is 95.6 cm³/mol. The molecule has 0 aliphatic rings. The second kappa shape index (κ2) is 4.68. The lowest BCUT2D eigenvalue weighted by Crippen LogP contribution is -1.91. The van der Waals surface area contributed by atoms with Crippen LogP contribution < -0.4 is 0 Å². The lowest BCUT2D eigenvalue weighted by atomic mass is 10.0. The fourth-order valence-corrected chi connectivity index (χ4v) is 3.35. The van der Waals surface area contributed by atoms with Gasteiger partial charge in [0.2, 0.25) is 0 Å². The molecule has 2 aromatic heterocycles. The number of rotatable bonds is 1. The van der Waals surface area contributed by atoms with Gasteiger partial charge < -0.3 is 0 Å². The highest BCUT2D eigenvalue weighted by Gasteiger charge is 2.11. The van der Waals surface area contributed by atoms with Gasteiger partial charge in [-0.2, -0.15) is 0 Å². The van der Waals surface area contributed by atoms with E-state index in [1.54, 1.807) is 0 Å². The average molecular weight is 294 g/mol. The summed E-state index contributed by atoms with van der Waals surface area (Å²) in [5.74, 6) is 0. The van der Waals surface area contributed by atoms with Gasteiger partial charge in [0.05, 0.1) is 16.6 Å². The van der Waals surface area contributed by atoms with Crippen molar-refractivity contribution in [2.24, 2.45) is 0 Å². The minimum absolute atomic E-state index is 0.990. The van der Waals surface area contributed by atoms with Gasteiger partial charge >= 0.3 is 0 Å². The summed E-state index contributed by atoms with van der Waals surface area (Å²) in [6.07, 6.45) is 0. The molecule has 2 heterocycles. The number of imidazole rings is 1. The van der Waals surface area contributed by atoms with Crippen LogP contribution in [0.5, 0.6) is 0 Å². The molecule has 0 spiro atoms. The zero-order chi connectivity index (χ0) is 15.2. The molecule has 2 heteroatoms. The molecule has 0 aliphatic heterocycles. The Morgan fingerprint density at radius 3 is 2.22 bits per heavy atom. The molecule has 0 unspecified atom stereocenters. The molecule has 0 N–H and O–H groups in total. The van der Waals surface area contributed by atoms with Crippen molar-refractivity contribution >= 4 is 27.6 Å². The number of hydrogen-bond donors (Lipinski definition) is 0. The normalized spacial score (nSPS) is 11.5. The van der Waals surface area contributed by atoms with Gasteiger partial charge in [0.15, 0.2) is 0 Å². The number of hydrogen-bond acceptors (Lipinski definition) is 1. The largest absolute Gasteiger partial charge is 0.292 e. The maximum atomic E-state index is 4.81. The van der Waals surface area contributed by atoms with Crippen molar-refractivity contribution in [3.8, 4) is 11.1 Å². The van der Waals surface area contributed by atoms with Crippen LogP contribution in [-0.4, -0.2) is 9.38 Å². The number of nitrogens with zero attached hydrogens (tertiary/aromatic N) is 2. The molecule has 0 atom stereocenters. The molecule has 0 fully saturated rings. The predicted octanol–water partition coefficient (Wildman–Crippen LogP) is 5.31. The number of aromatic nitrogens is 2. The Bertz CT molecular complexity index is 1150. The van der Waals surface area contributed by atoms with Gasteiger partial charge in [-0.25, -0.2) is 4.98 Å². The van der Waals surface area contributed by atoms with Gasteiger partial charge in [-0.1, -0.05) is 60.7 Å². The van der Waals surface area contributed by atoms with Crippen LogP contribution in [0.15, 0.2) is 84.9 Å². The van der Waals surface area contributed by atoms with Gasteiger partial charge in [0.25, 0.3) is 0 Å². The van der Waals surface area contributed by atoms with E-state index >= 15 is 0 Å². The van der Waals surface area contributed by atoms with Crippen molar-refractivity contribution in [3.63, 3.8) is 0 Å². The number of benzene rings is 3. The molecule has 5 aromatic rings. The molecule has 0 radical (unpaired) electrons. The van der Waals surface area contributed by atoms with Crippen LogP contribution in [0.4, 0.5) is 0 Å². The van der Waals surface area contributed by atoms with Gasteiger partial charge in [-0.15, -0.1) is 0 Å². The highest BCUT2D eigenvalue weighted by atomic mass is 15.0. The van der Waals surface area contributed by atoms with E-state index in [0.29, 0.717) is 0 Å². The first-order valence-electron chi connectivity index (χ1n) is 7.76. The Morgan fingerprint density at radius 2 is 1.35 bits per heavy atom. The minimum Gasteiger partial charge on any atom is -0.292 e. The maximum Gasteiger partial charge on any atom is 0.139 e. The van der Waals surface area contributed by atoms with E-state index in [1.165, 1.54) is 22.0 Å². The van der Waals surface area contributed by atoms with E-state index in [4.69, 9.17) is 4.98 Å². The van der Waals surface area contributed by atoms with Crippen LogP contribution in [-0.2, 0) is 0 Å².